The molecule has 0 saturated heterocycles. The number of nitro benzene ring substituents is 1. The maximum absolute atomic E-state index is 11.0. The van der Waals surface area contributed by atoms with Crippen molar-refractivity contribution in [2.75, 3.05) is 17.3 Å². The largest absolute Gasteiger partial charge is 0.393 e. The molecule has 0 saturated carbocycles. The fraction of sp³-hybridized carbons (Fsp3) is 0.455. The van der Waals surface area contributed by atoms with Crippen LogP contribution in [0.25, 0.3) is 0 Å². The van der Waals surface area contributed by atoms with E-state index in [0.29, 0.717) is 25.1 Å². The molecular weight excluding hydrogens is 236 g/mol. The molecule has 0 spiro atoms. The predicted octanol–water partition coefficient (Wildman–Crippen LogP) is 1.45. The number of nitro groups is 1. The summed E-state index contributed by atoms with van der Waals surface area (Å²) in [5.74, 6) is 5.23. The Morgan fingerprint density at radius 1 is 1.50 bits per heavy atom. The molecule has 100 valence electrons. The maximum atomic E-state index is 11.0. The Hall–Kier alpha value is -1.86. The summed E-state index contributed by atoms with van der Waals surface area (Å²) in [5.41, 5.74) is 2.84. The van der Waals surface area contributed by atoms with E-state index in [4.69, 9.17) is 5.84 Å². The molecule has 1 unspecified atom stereocenters. The monoisotopic (exact) mass is 254 g/mol. The third-order valence-corrected chi connectivity index (χ3v) is 2.64. The van der Waals surface area contributed by atoms with Crippen LogP contribution >= 0.6 is 0 Å². The second kappa shape index (κ2) is 6.77. The Balaban J connectivity index is 2.78. The van der Waals surface area contributed by atoms with E-state index in [0.717, 1.165) is 0 Å². The molecule has 0 radical (unpaired) electrons. The fourth-order valence-electron chi connectivity index (χ4n) is 1.58. The minimum absolute atomic E-state index is 0.0917. The molecule has 18 heavy (non-hydrogen) atoms. The summed E-state index contributed by atoms with van der Waals surface area (Å²) in [5, 5.41) is 23.3. The van der Waals surface area contributed by atoms with Crippen LogP contribution in [0.4, 0.5) is 17.1 Å². The number of hydrazine groups is 1. The number of rotatable bonds is 7. The average Bonchev–Trinajstić information content (AvgIpc) is 2.37. The quantitative estimate of drug-likeness (QED) is 0.333. The summed E-state index contributed by atoms with van der Waals surface area (Å²) in [6.07, 6.45) is 0.801. The number of aliphatic hydroxyl groups excluding tert-OH is 1. The predicted molar refractivity (Wildman–Crippen MR) is 70.3 cm³/mol. The number of para-hydroxylation sites is 1. The van der Waals surface area contributed by atoms with Gasteiger partial charge in [0.05, 0.1) is 11.0 Å². The highest BCUT2D eigenvalue weighted by atomic mass is 16.6. The van der Waals surface area contributed by atoms with Crippen molar-refractivity contribution in [3.63, 3.8) is 0 Å². The molecule has 5 N–H and O–H groups in total. The molecule has 0 amide bonds. The standard InChI is InChI=1S/C11H18N4O3/c1-2-8(16)6-7-13-9-4-3-5-10(14-12)11(9)15(17)18/h3-5,8,13-14,16H,2,6-7,12H2,1H3. The topological polar surface area (TPSA) is 113 Å². The molecule has 7 nitrogen and oxygen atoms in total. The van der Waals surface area contributed by atoms with Crippen LogP contribution in [0.2, 0.25) is 0 Å². The molecule has 0 aliphatic rings. The Kier molecular flexibility index (Phi) is 5.34. The lowest BCUT2D eigenvalue weighted by atomic mass is 10.2. The highest BCUT2D eigenvalue weighted by Crippen LogP contribution is 2.32. The first-order valence-corrected chi connectivity index (χ1v) is 5.76. The van der Waals surface area contributed by atoms with Gasteiger partial charge in [0.1, 0.15) is 11.4 Å². The first-order valence-electron chi connectivity index (χ1n) is 5.76. The average molecular weight is 254 g/mol. The number of nitrogens with two attached hydrogens (primary N) is 1. The summed E-state index contributed by atoms with van der Waals surface area (Å²) < 4.78 is 0. The first kappa shape index (κ1) is 14.2. The molecule has 0 aliphatic carbocycles. The van der Waals surface area contributed by atoms with Gasteiger partial charge in [0.2, 0.25) is 0 Å². The zero-order chi connectivity index (χ0) is 13.5. The number of aliphatic hydroxyl groups is 1. The van der Waals surface area contributed by atoms with Crippen LogP contribution in [0.1, 0.15) is 19.8 Å². The normalized spacial score (nSPS) is 11.9. The molecular formula is C11H18N4O3. The van der Waals surface area contributed by atoms with Crippen molar-refractivity contribution in [3.05, 3.63) is 28.3 Å². The molecule has 7 heteroatoms. The van der Waals surface area contributed by atoms with Crippen molar-refractivity contribution in [2.45, 2.75) is 25.9 Å². The number of nitrogens with one attached hydrogen (secondary N) is 2. The lowest BCUT2D eigenvalue weighted by Crippen LogP contribution is -2.14. The maximum Gasteiger partial charge on any atom is 0.316 e. The summed E-state index contributed by atoms with van der Waals surface area (Å²) in [6, 6.07) is 4.81. The van der Waals surface area contributed by atoms with Crippen LogP contribution in [-0.4, -0.2) is 22.7 Å². The Morgan fingerprint density at radius 2 is 2.17 bits per heavy atom. The first-order chi connectivity index (χ1) is 8.60. The van der Waals surface area contributed by atoms with Crippen LogP contribution in [0.15, 0.2) is 18.2 Å². The lowest BCUT2D eigenvalue weighted by molar-refractivity contribution is -0.383. The zero-order valence-electron chi connectivity index (χ0n) is 10.2. The summed E-state index contributed by atoms with van der Waals surface area (Å²) in [7, 11) is 0. The molecule has 1 rings (SSSR count). The smallest absolute Gasteiger partial charge is 0.316 e. The van der Waals surface area contributed by atoms with Crippen LogP contribution < -0.4 is 16.6 Å². The van der Waals surface area contributed by atoms with Crippen LogP contribution in [0, 0.1) is 10.1 Å². The highest BCUT2D eigenvalue weighted by molar-refractivity contribution is 5.75. The van der Waals surface area contributed by atoms with E-state index in [1.807, 2.05) is 6.92 Å². The lowest BCUT2D eigenvalue weighted by Gasteiger charge is -2.11. The van der Waals surface area contributed by atoms with E-state index in [-0.39, 0.29) is 11.4 Å². The number of hydrogen-bond donors (Lipinski definition) is 4. The summed E-state index contributed by atoms with van der Waals surface area (Å²) >= 11 is 0. The van der Waals surface area contributed by atoms with Crippen LogP contribution in [-0.2, 0) is 0 Å². The van der Waals surface area contributed by atoms with Gasteiger partial charge in [-0.2, -0.15) is 0 Å². The van der Waals surface area contributed by atoms with Gasteiger partial charge in [-0.1, -0.05) is 13.0 Å². The van der Waals surface area contributed by atoms with Gasteiger partial charge in [0.15, 0.2) is 0 Å². The van der Waals surface area contributed by atoms with Crippen molar-refractivity contribution in [2.24, 2.45) is 5.84 Å². The minimum Gasteiger partial charge on any atom is -0.393 e. The van der Waals surface area contributed by atoms with E-state index >= 15 is 0 Å². The van der Waals surface area contributed by atoms with E-state index in [1.165, 1.54) is 6.07 Å². The minimum atomic E-state index is -0.492. The summed E-state index contributed by atoms with van der Waals surface area (Å²) in [4.78, 5) is 10.5. The summed E-state index contributed by atoms with van der Waals surface area (Å²) in [6.45, 7) is 2.34. The number of hydrogen-bond acceptors (Lipinski definition) is 6. The van der Waals surface area contributed by atoms with Gasteiger partial charge < -0.3 is 15.8 Å². The molecule has 0 fully saturated rings. The molecule has 1 aromatic rings. The van der Waals surface area contributed by atoms with Gasteiger partial charge in [-0.3, -0.25) is 16.0 Å². The van der Waals surface area contributed by atoms with Gasteiger partial charge in [0.25, 0.3) is 0 Å². The Bertz CT molecular complexity index is 411. The van der Waals surface area contributed by atoms with Crippen molar-refractivity contribution in [1.82, 2.24) is 0 Å². The highest BCUT2D eigenvalue weighted by Gasteiger charge is 2.18. The third-order valence-electron chi connectivity index (χ3n) is 2.64. The Labute approximate surface area is 105 Å². The number of benzene rings is 1. The molecule has 1 atom stereocenters. The third kappa shape index (κ3) is 3.57. The molecule has 0 aliphatic heterocycles. The SMILES string of the molecule is CCC(O)CCNc1cccc(NN)c1[N+](=O)[O-]. The molecule has 1 aromatic carbocycles. The molecule has 0 bridgehead atoms. The van der Waals surface area contributed by atoms with Gasteiger partial charge in [-0.25, -0.2) is 0 Å². The molecule has 0 heterocycles. The van der Waals surface area contributed by atoms with E-state index in [1.54, 1.807) is 12.1 Å². The van der Waals surface area contributed by atoms with Crippen molar-refractivity contribution in [1.29, 1.82) is 0 Å². The van der Waals surface area contributed by atoms with Gasteiger partial charge in [-0.15, -0.1) is 0 Å². The second-order valence-electron chi connectivity index (χ2n) is 3.88. The molecule has 0 aromatic heterocycles. The fourth-order valence-corrected chi connectivity index (χ4v) is 1.58. The number of anilines is 2. The number of nitrogens with zero attached hydrogens (tertiary/aromatic N) is 1. The van der Waals surface area contributed by atoms with Crippen molar-refractivity contribution < 1.29 is 10.0 Å². The van der Waals surface area contributed by atoms with Crippen molar-refractivity contribution in [3.8, 4) is 0 Å². The van der Waals surface area contributed by atoms with Crippen LogP contribution in [0.3, 0.4) is 0 Å². The van der Waals surface area contributed by atoms with Gasteiger partial charge >= 0.3 is 5.69 Å². The number of nitrogen functional groups attached to an aromatic ring is 1. The zero-order valence-corrected chi connectivity index (χ0v) is 10.2. The van der Waals surface area contributed by atoms with E-state index < -0.39 is 11.0 Å². The van der Waals surface area contributed by atoms with Gasteiger partial charge in [0, 0.05) is 6.54 Å². The van der Waals surface area contributed by atoms with E-state index in [9.17, 15) is 15.2 Å². The Morgan fingerprint density at radius 3 is 2.72 bits per heavy atom. The van der Waals surface area contributed by atoms with Gasteiger partial charge in [-0.05, 0) is 25.0 Å². The van der Waals surface area contributed by atoms with E-state index in [2.05, 4.69) is 10.7 Å². The van der Waals surface area contributed by atoms with Crippen LogP contribution in [0.5, 0.6) is 0 Å². The second-order valence-corrected chi connectivity index (χ2v) is 3.88. The van der Waals surface area contributed by atoms with Crippen molar-refractivity contribution >= 4 is 17.1 Å².